The van der Waals surface area contributed by atoms with Crippen molar-refractivity contribution in [1.82, 2.24) is 10.2 Å². The summed E-state index contributed by atoms with van der Waals surface area (Å²) in [5, 5.41) is 3.41. The van der Waals surface area contributed by atoms with E-state index >= 15 is 0 Å². The Balaban J connectivity index is 1.77. The molecule has 0 amide bonds. The van der Waals surface area contributed by atoms with E-state index in [1.807, 2.05) is 0 Å². The molecule has 0 radical (unpaired) electrons. The molecule has 1 unspecified atom stereocenters. The van der Waals surface area contributed by atoms with E-state index in [4.69, 9.17) is 0 Å². The molecule has 0 saturated carbocycles. The standard InChI is InChI=1S/C14H18N2/c1-2-4-13-11-14(6-5-12(13)3-1)16-9-7-15-8-10-16/h1-6,14-15H,7-11H2. The van der Waals surface area contributed by atoms with Crippen molar-refractivity contribution in [1.29, 1.82) is 0 Å². The van der Waals surface area contributed by atoms with Crippen LogP contribution in [0.25, 0.3) is 6.08 Å². The van der Waals surface area contributed by atoms with E-state index < -0.39 is 0 Å². The molecule has 0 bridgehead atoms. The van der Waals surface area contributed by atoms with Gasteiger partial charge in [-0.2, -0.15) is 0 Å². The lowest BCUT2D eigenvalue weighted by Crippen LogP contribution is -2.48. The average Bonchev–Trinajstić information content (AvgIpc) is 2.39. The zero-order valence-corrected chi connectivity index (χ0v) is 9.52. The van der Waals surface area contributed by atoms with Gasteiger partial charge in [0.2, 0.25) is 0 Å². The molecule has 1 N–H and O–H groups in total. The predicted molar refractivity (Wildman–Crippen MR) is 67.4 cm³/mol. The number of hydrogen-bond acceptors (Lipinski definition) is 2. The van der Waals surface area contributed by atoms with Gasteiger partial charge in [0.25, 0.3) is 0 Å². The van der Waals surface area contributed by atoms with Gasteiger partial charge in [0.15, 0.2) is 0 Å². The summed E-state index contributed by atoms with van der Waals surface area (Å²) in [5.74, 6) is 0. The Morgan fingerprint density at radius 1 is 1.12 bits per heavy atom. The van der Waals surface area contributed by atoms with E-state index in [0.717, 1.165) is 13.1 Å². The highest BCUT2D eigenvalue weighted by Gasteiger charge is 2.21. The summed E-state index contributed by atoms with van der Waals surface area (Å²) in [6.45, 7) is 4.62. The van der Waals surface area contributed by atoms with Gasteiger partial charge in [0.1, 0.15) is 0 Å². The molecule has 1 atom stereocenters. The first-order valence-corrected chi connectivity index (χ1v) is 6.14. The van der Waals surface area contributed by atoms with Gasteiger partial charge in [-0.3, -0.25) is 4.90 Å². The summed E-state index contributed by atoms with van der Waals surface area (Å²) in [6.07, 6.45) is 5.83. The van der Waals surface area contributed by atoms with Crippen LogP contribution in [0.3, 0.4) is 0 Å². The third-order valence-corrected chi connectivity index (χ3v) is 3.60. The van der Waals surface area contributed by atoms with Crippen LogP contribution >= 0.6 is 0 Å². The number of hydrogen-bond donors (Lipinski definition) is 1. The molecular weight excluding hydrogens is 196 g/mol. The largest absolute Gasteiger partial charge is 0.314 e. The summed E-state index contributed by atoms with van der Waals surface area (Å²) in [7, 11) is 0. The van der Waals surface area contributed by atoms with E-state index in [-0.39, 0.29) is 0 Å². The summed E-state index contributed by atoms with van der Waals surface area (Å²) in [4.78, 5) is 2.59. The number of benzene rings is 1. The molecule has 1 aliphatic heterocycles. The van der Waals surface area contributed by atoms with E-state index in [2.05, 4.69) is 46.6 Å². The van der Waals surface area contributed by atoms with Crippen LogP contribution in [0.2, 0.25) is 0 Å². The van der Waals surface area contributed by atoms with Crippen molar-refractivity contribution in [2.75, 3.05) is 26.2 Å². The number of nitrogens with zero attached hydrogens (tertiary/aromatic N) is 1. The van der Waals surface area contributed by atoms with Crippen LogP contribution in [-0.4, -0.2) is 37.1 Å². The van der Waals surface area contributed by atoms with Gasteiger partial charge in [-0.15, -0.1) is 0 Å². The molecule has 0 aromatic heterocycles. The Bertz CT molecular complexity index is 391. The lowest BCUT2D eigenvalue weighted by molar-refractivity contribution is 0.200. The first-order chi connectivity index (χ1) is 7.93. The van der Waals surface area contributed by atoms with Crippen LogP contribution in [0, 0.1) is 0 Å². The van der Waals surface area contributed by atoms with Crippen molar-refractivity contribution < 1.29 is 0 Å². The van der Waals surface area contributed by atoms with Crippen LogP contribution < -0.4 is 5.32 Å². The molecule has 1 aromatic rings. The van der Waals surface area contributed by atoms with Crippen LogP contribution in [0.5, 0.6) is 0 Å². The Hall–Kier alpha value is -1.12. The molecule has 84 valence electrons. The van der Waals surface area contributed by atoms with Crippen molar-refractivity contribution in [3.63, 3.8) is 0 Å². The Kier molecular flexibility index (Phi) is 2.77. The van der Waals surface area contributed by atoms with E-state index in [1.54, 1.807) is 0 Å². The monoisotopic (exact) mass is 214 g/mol. The van der Waals surface area contributed by atoms with Gasteiger partial charge < -0.3 is 5.32 Å². The van der Waals surface area contributed by atoms with Crippen molar-refractivity contribution >= 4 is 6.08 Å². The topological polar surface area (TPSA) is 15.3 Å². The van der Waals surface area contributed by atoms with Gasteiger partial charge in [-0.25, -0.2) is 0 Å². The second-order valence-electron chi connectivity index (χ2n) is 4.62. The molecular formula is C14H18N2. The van der Waals surface area contributed by atoms with Gasteiger partial charge in [-0.05, 0) is 17.5 Å². The maximum atomic E-state index is 3.41. The van der Waals surface area contributed by atoms with Gasteiger partial charge in [0, 0.05) is 32.2 Å². The fourth-order valence-electron chi connectivity index (χ4n) is 2.66. The minimum atomic E-state index is 0.608. The third-order valence-electron chi connectivity index (χ3n) is 3.60. The summed E-state index contributed by atoms with van der Waals surface area (Å²) in [6, 6.07) is 9.34. The highest BCUT2D eigenvalue weighted by molar-refractivity contribution is 5.57. The molecule has 1 aromatic carbocycles. The quantitative estimate of drug-likeness (QED) is 0.762. The summed E-state index contributed by atoms with van der Waals surface area (Å²) in [5.41, 5.74) is 2.89. The fraction of sp³-hybridized carbons (Fsp3) is 0.429. The van der Waals surface area contributed by atoms with E-state index in [1.165, 1.54) is 30.6 Å². The highest BCUT2D eigenvalue weighted by Crippen LogP contribution is 2.21. The minimum Gasteiger partial charge on any atom is -0.314 e. The Morgan fingerprint density at radius 2 is 1.94 bits per heavy atom. The SMILES string of the molecule is C1=CC(N2CCNCC2)Cc2ccccc21. The van der Waals surface area contributed by atoms with E-state index in [9.17, 15) is 0 Å². The highest BCUT2D eigenvalue weighted by atomic mass is 15.2. The van der Waals surface area contributed by atoms with Crippen LogP contribution in [-0.2, 0) is 6.42 Å². The molecule has 1 saturated heterocycles. The van der Waals surface area contributed by atoms with Gasteiger partial charge in [0.05, 0.1) is 0 Å². The second-order valence-corrected chi connectivity index (χ2v) is 4.62. The minimum absolute atomic E-state index is 0.608. The smallest absolute Gasteiger partial charge is 0.0323 e. The predicted octanol–water partition coefficient (Wildman–Crippen LogP) is 1.53. The molecule has 3 rings (SSSR count). The first kappa shape index (κ1) is 10.1. The Labute approximate surface area is 97.0 Å². The molecule has 16 heavy (non-hydrogen) atoms. The second kappa shape index (κ2) is 4.40. The van der Waals surface area contributed by atoms with Gasteiger partial charge in [-0.1, -0.05) is 36.4 Å². The zero-order chi connectivity index (χ0) is 10.8. The number of nitrogens with one attached hydrogen (secondary N) is 1. The van der Waals surface area contributed by atoms with Crippen molar-refractivity contribution in [3.05, 3.63) is 41.5 Å². The maximum absolute atomic E-state index is 3.41. The van der Waals surface area contributed by atoms with Crippen molar-refractivity contribution in [2.45, 2.75) is 12.5 Å². The molecule has 1 aliphatic carbocycles. The molecule has 1 fully saturated rings. The van der Waals surface area contributed by atoms with Crippen LogP contribution in [0.15, 0.2) is 30.3 Å². The van der Waals surface area contributed by atoms with Crippen molar-refractivity contribution in [3.8, 4) is 0 Å². The lowest BCUT2D eigenvalue weighted by atomic mass is 9.93. The van der Waals surface area contributed by atoms with Crippen LogP contribution in [0.4, 0.5) is 0 Å². The molecule has 2 nitrogen and oxygen atoms in total. The average molecular weight is 214 g/mol. The fourth-order valence-corrected chi connectivity index (χ4v) is 2.66. The zero-order valence-electron chi connectivity index (χ0n) is 9.52. The molecule has 1 heterocycles. The third kappa shape index (κ3) is 1.91. The van der Waals surface area contributed by atoms with E-state index in [0.29, 0.717) is 6.04 Å². The van der Waals surface area contributed by atoms with Gasteiger partial charge >= 0.3 is 0 Å². The van der Waals surface area contributed by atoms with Crippen LogP contribution in [0.1, 0.15) is 11.1 Å². The lowest BCUT2D eigenvalue weighted by Gasteiger charge is -2.35. The maximum Gasteiger partial charge on any atom is 0.0323 e. The molecule has 2 heteroatoms. The Morgan fingerprint density at radius 3 is 2.81 bits per heavy atom. The summed E-state index contributed by atoms with van der Waals surface area (Å²) < 4.78 is 0. The normalized spacial score (nSPS) is 25.4. The number of fused-ring (bicyclic) bond motifs is 1. The summed E-state index contributed by atoms with van der Waals surface area (Å²) >= 11 is 0. The molecule has 0 spiro atoms. The number of rotatable bonds is 1. The first-order valence-electron chi connectivity index (χ1n) is 6.14. The molecule has 2 aliphatic rings. The van der Waals surface area contributed by atoms with Crippen molar-refractivity contribution in [2.24, 2.45) is 0 Å². The number of piperazine rings is 1.